The smallest absolute Gasteiger partial charge is 0.276 e. The fourth-order valence-electron chi connectivity index (χ4n) is 3.22. The van der Waals surface area contributed by atoms with Gasteiger partial charge >= 0.3 is 0 Å². The zero-order valence-corrected chi connectivity index (χ0v) is 14.3. The molecule has 0 spiro atoms. The average Bonchev–Trinajstić information content (AvgIpc) is 3.22. The van der Waals surface area contributed by atoms with E-state index in [0.29, 0.717) is 51.0 Å². The van der Waals surface area contributed by atoms with E-state index in [1.54, 1.807) is 27.5 Å². The van der Waals surface area contributed by atoms with Crippen LogP contribution >= 0.6 is 0 Å². The van der Waals surface area contributed by atoms with Crippen LogP contribution in [0.5, 0.6) is 0 Å². The van der Waals surface area contributed by atoms with E-state index < -0.39 is 0 Å². The molecule has 2 saturated heterocycles. The molecule has 1 atom stereocenters. The summed E-state index contributed by atoms with van der Waals surface area (Å²) >= 11 is 0. The maximum Gasteiger partial charge on any atom is 0.276 e. The molecule has 2 aromatic rings. The molecular formula is C15H21N7O3. The van der Waals surface area contributed by atoms with Crippen LogP contribution in [0.1, 0.15) is 29.3 Å². The molecule has 0 aliphatic carbocycles. The Labute approximate surface area is 144 Å². The molecule has 1 unspecified atom stereocenters. The lowest BCUT2D eigenvalue weighted by Gasteiger charge is -2.37. The summed E-state index contributed by atoms with van der Waals surface area (Å²) in [4.78, 5) is 18.9. The van der Waals surface area contributed by atoms with Crippen LogP contribution in [-0.4, -0.2) is 73.5 Å². The molecule has 2 aliphatic heterocycles. The van der Waals surface area contributed by atoms with Crippen molar-refractivity contribution in [3.8, 4) is 0 Å². The summed E-state index contributed by atoms with van der Waals surface area (Å²) in [5, 5.41) is 12.3. The summed E-state index contributed by atoms with van der Waals surface area (Å²) in [6.45, 7) is 5.58. The third kappa shape index (κ3) is 3.02. The van der Waals surface area contributed by atoms with E-state index in [-0.39, 0.29) is 17.4 Å². The minimum absolute atomic E-state index is 0.0636. The van der Waals surface area contributed by atoms with Gasteiger partial charge in [0.2, 0.25) is 0 Å². The molecule has 10 nitrogen and oxygen atoms in total. The fourth-order valence-corrected chi connectivity index (χ4v) is 3.22. The maximum absolute atomic E-state index is 13.0. The number of ether oxygens (including phenoxy) is 2. The highest BCUT2D eigenvalue weighted by Gasteiger charge is 2.36. The molecule has 2 aliphatic rings. The van der Waals surface area contributed by atoms with Gasteiger partial charge in [-0.05, 0) is 0 Å². The number of carbonyl (C=O) groups excluding carboxylic acids is 1. The number of amides is 1. The second kappa shape index (κ2) is 6.19. The van der Waals surface area contributed by atoms with E-state index in [0.717, 1.165) is 0 Å². The highest BCUT2D eigenvalue weighted by Crippen LogP contribution is 2.28. The fraction of sp³-hybridized carbons (Fsp3) is 0.667. The second-order valence-corrected chi connectivity index (χ2v) is 6.94. The summed E-state index contributed by atoms with van der Waals surface area (Å²) in [6, 6.07) is -0.281. The van der Waals surface area contributed by atoms with Gasteiger partial charge < -0.3 is 14.4 Å². The van der Waals surface area contributed by atoms with Crippen LogP contribution in [0.25, 0.3) is 0 Å². The van der Waals surface area contributed by atoms with Gasteiger partial charge in [0.05, 0.1) is 39.2 Å². The van der Waals surface area contributed by atoms with E-state index in [1.807, 2.05) is 0 Å². The Morgan fingerprint density at radius 1 is 1.40 bits per heavy atom. The van der Waals surface area contributed by atoms with E-state index in [1.165, 1.54) is 6.33 Å². The topological polar surface area (TPSA) is 100 Å². The van der Waals surface area contributed by atoms with Crippen molar-refractivity contribution in [2.24, 2.45) is 12.5 Å². The van der Waals surface area contributed by atoms with Gasteiger partial charge in [-0.1, -0.05) is 12.1 Å². The first-order valence-electron chi connectivity index (χ1n) is 8.26. The predicted molar refractivity (Wildman–Crippen MR) is 84.5 cm³/mol. The molecule has 0 N–H and O–H groups in total. The van der Waals surface area contributed by atoms with Crippen LogP contribution in [-0.2, 0) is 23.1 Å². The summed E-state index contributed by atoms with van der Waals surface area (Å²) < 4.78 is 14.2. The van der Waals surface area contributed by atoms with Crippen LogP contribution in [0.15, 0.2) is 12.5 Å². The molecule has 0 aromatic carbocycles. The first-order chi connectivity index (χ1) is 12.1. The minimum Gasteiger partial charge on any atom is -0.380 e. The highest BCUT2D eigenvalue weighted by atomic mass is 16.5. The minimum atomic E-state index is -0.281. The van der Waals surface area contributed by atoms with Crippen molar-refractivity contribution in [1.82, 2.24) is 34.7 Å². The van der Waals surface area contributed by atoms with Gasteiger partial charge in [-0.15, -0.1) is 5.10 Å². The standard InChI is InChI=1S/C15H21N7O3/c1-15(8-25-9-15)7-21-5-11(18-19-21)14(23)22-3-4-24-6-12(22)13-16-10-17-20(13)2/h5,10,12H,3-4,6-9H2,1-2H3. The number of aromatic nitrogens is 6. The zero-order chi connectivity index (χ0) is 17.4. The molecule has 4 heterocycles. The Kier molecular flexibility index (Phi) is 4.00. The molecular weight excluding hydrogens is 326 g/mol. The molecule has 134 valence electrons. The highest BCUT2D eigenvalue weighted by molar-refractivity contribution is 5.92. The van der Waals surface area contributed by atoms with Crippen molar-refractivity contribution >= 4 is 5.91 Å². The largest absolute Gasteiger partial charge is 0.380 e. The number of carbonyl (C=O) groups is 1. The maximum atomic E-state index is 13.0. The molecule has 25 heavy (non-hydrogen) atoms. The van der Waals surface area contributed by atoms with E-state index in [2.05, 4.69) is 27.3 Å². The normalized spacial score (nSPS) is 22.6. The van der Waals surface area contributed by atoms with Crippen LogP contribution in [0.2, 0.25) is 0 Å². The molecule has 2 aromatic heterocycles. The second-order valence-electron chi connectivity index (χ2n) is 6.94. The summed E-state index contributed by atoms with van der Waals surface area (Å²) in [6.07, 6.45) is 3.18. The van der Waals surface area contributed by atoms with Crippen LogP contribution in [0.4, 0.5) is 0 Å². The summed E-state index contributed by atoms with van der Waals surface area (Å²) in [7, 11) is 1.80. The van der Waals surface area contributed by atoms with Crippen molar-refractivity contribution in [2.45, 2.75) is 19.5 Å². The Bertz CT molecular complexity index is 767. The van der Waals surface area contributed by atoms with Crippen molar-refractivity contribution in [3.05, 3.63) is 24.0 Å². The quantitative estimate of drug-likeness (QED) is 0.745. The number of morpholine rings is 1. The van der Waals surface area contributed by atoms with Gasteiger partial charge in [-0.2, -0.15) is 5.10 Å². The van der Waals surface area contributed by atoms with Gasteiger partial charge in [-0.3, -0.25) is 14.2 Å². The summed E-state index contributed by atoms with van der Waals surface area (Å²) in [5.74, 6) is 0.525. The monoisotopic (exact) mass is 347 g/mol. The van der Waals surface area contributed by atoms with Gasteiger partial charge in [-0.25, -0.2) is 4.98 Å². The van der Waals surface area contributed by atoms with Gasteiger partial charge in [0, 0.05) is 19.0 Å². The Hall–Kier alpha value is -2.33. The van der Waals surface area contributed by atoms with Gasteiger partial charge in [0.1, 0.15) is 12.4 Å². The van der Waals surface area contributed by atoms with Crippen molar-refractivity contribution < 1.29 is 14.3 Å². The molecule has 2 fully saturated rings. The lowest BCUT2D eigenvalue weighted by Crippen LogP contribution is -2.44. The predicted octanol–water partition coefficient (Wildman–Crippen LogP) is -0.343. The van der Waals surface area contributed by atoms with Crippen LogP contribution < -0.4 is 0 Å². The number of hydrogen-bond donors (Lipinski definition) is 0. The van der Waals surface area contributed by atoms with E-state index >= 15 is 0 Å². The van der Waals surface area contributed by atoms with Gasteiger partial charge in [0.25, 0.3) is 5.91 Å². The Morgan fingerprint density at radius 3 is 2.92 bits per heavy atom. The lowest BCUT2D eigenvalue weighted by atomic mass is 9.89. The third-order valence-electron chi connectivity index (χ3n) is 4.64. The van der Waals surface area contributed by atoms with Crippen molar-refractivity contribution in [2.75, 3.05) is 33.0 Å². The van der Waals surface area contributed by atoms with Crippen LogP contribution in [0, 0.1) is 5.41 Å². The zero-order valence-electron chi connectivity index (χ0n) is 14.3. The molecule has 0 bridgehead atoms. The summed E-state index contributed by atoms with van der Waals surface area (Å²) in [5.41, 5.74) is 0.395. The molecule has 0 saturated carbocycles. The number of nitrogens with zero attached hydrogens (tertiary/aromatic N) is 7. The molecule has 0 radical (unpaired) electrons. The molecule has 4 rings (SSSR count). The Balaban J connectivity index is 1.52. The Morgan fingerprint density at radius 2 is 2.24 bits per heavy atom. The first-order valence-corrected chi connectivity index (χ1v) is 8.26. The van der Waals surface area contributed by atoms with Gasteiger partial charge in [0.15, 0.2) is 11.5 Å². The van der Waals surface area contributed by atoms with Crippen LogP contribution in [0.3, 0.4) is 0 Å². The van der Waals surface area contributed by atoms with E-state index in [4.69, 9.17) is 9.47 Å². The number of hydrogen-bond acceptors (Lipinski definition) is 7. The number of aryl methyl sites for hydroxylation is 1. The molecule has 10 heteroatoms. The SMILES string of the molecule is Cn1ncnc1C1COCCN1C(=O)c1cn(CC2(C)COC2)nn1. The molecule has 1 amide bonds. The van der Waals surface area contributed by atoms with Crippen molar-refractivity contribution in [1.29, 1.82) is 0 Å². The third-order valence-corrected chi connectivity index (χ3v) is 4.64. The number of rotatable bonds is 4. The average molecular weight is 347 g/mol. The van der Waals surface area contributed by atoms with Crippen molar-refractivity contribution in [3.63, 3.8) is 0 Å². The lowest BCUT2D eigenvalue weighted by molar-refractivity contribution is -0.111. The first kappa shape index (κ1) is 16.2. The van der Waals surface area contributed by atoms with E-state index in [9.17, 15) is 4.79 Å².